The van der Waals surface area contributed by atoms with Gasteiger partial charge in [-0.2, -0.15) is 0 Å². The Morgan fingerprint density at radius 3 is 2.36 bits per heavy atom. The van der Waals surface area contributed by atoms with E-state index in [1.165, 1.54) is 37.2 Å². The number of amides is 1. The second-order valence-corrected chi connectivity index (χ2v) is 12.1. The van der Waals surface area contributed by atoms with Gasteiger partial charge in [-0.1, -0.05) is 6.92 Å². The number of piperazine rings is 1. The smallest absolute Gasteiger partial charge is 0.271 e. The highest BCUT2D eigenvalue weighted by Gasteiger charge is 2.28. The van der Waals surface area contributed by atoms with E-state index in [-0.39, 0.29) is 11.7 Å². The Labute approximate surface area is 260 Å². The number of primary amides is 1. The van der Waals surface area contributed by atoms with Crippen LogP contribution in [0.2, 0.25) is 0 Å². The molecule has 0 saturated carbocycles. The molecule has 0 spiro atoms. The quantitative estimate of drug-likeness (QED) is 0.335. The van der Waals surface area contributed by atoms with Crippen LogP contribution in [-0.2, 0) is 11.2 Å². The van der Waals surface area contributed by atoms with Crippen LogP contribution in [0.3, 0.4) is 0 Å². The zero-order valence-electron chi connectivity index (χ0n) is 26.0. The summed E-state index contributed by atoms with van der Waals surface area (Å²) in [6.07, 6.45) is 8.42. The number of piperidine rings is 1. The standard InChI is InChI=1S/C33H45N9O2/c1-3-23-22-26(4-5-28(23)42-14-8-27(9-15-42)41-18-16-40(2)17-19-41)37-33-30(31(34)43)38-29(24-6-12-35-13-7-24)32(39-33)36-25-10-20-44-21-11-25/h4-7,12-13,22,25,27H,3,8-11,14-21H2,1-2H3,(H2,34,43)(H2,36,37,39). The number of nitrogens with one attached hydrogen (secondary N) is 2. The number of carbonyl (C=O) groups excluding carboxylic acids is 1. The molecule has 3 fully saturated rings. The van der Waals surface area contributed by atoms with E-state index in [2.05, 4.69) is 62.5 Å². The number of aryl methyl sites for hydroxylation is 1. The second kappa shape index (κ2) is 13.9. The summed E-state index contributed by atoms with van der Waals surface area (Å²) in [4.78, 5) is 34.1. The Morgan fingerprint density at radius 2 is 1.68 bits per heavy atom. The van der Waals surface area contributed by atoms with Crippen molar-refractivity contribution in [2.75, 3.05) is 75.1 Å². The summed E-state index contributed by atoms with van der Waals surface area (Å²) in [6.45, 7) is 10.4. The minimum Gasteiger partial charge on any atom is -0.381 e. The van der Waals surface area contributed by atoms with Gasteiger partial charge in [-0.05, 0) is 75.0 Å². The molecule has 234 valence electrons. The number of hydrogen-bond acceptors (Lipinski definition) is 10. The highest BCUT2D eigenvalue weighted by molar-refractivity contribution is 5.97. The lowest BCUT2D eigenvalue weighted by Gasteiger charge is -2.43. The van der Waals surface area contributed by atoms with Crippen LogP contribution in [0.4, 0.5) is 23.0 Å². The van der Waals surface area contributed by atoms with Crippen molar-refractivity contribution in [3.63, 3.8) is 0 Å². The molecule has 3 saturated heterocycles. The van der Waals surface area contributed by atoms with Gasteiger partial charge in [0.25, 0.3) is 5.91 Å². The number of ether oxygens (including phenoxy) is 1. The van der Waals surface area contributed by atoms with Crippen molar-refractivity contribution < 1.29 is 9.53 Å². The maximum absolute atomic E-state index is 12.7. The molecule has 44 heavy (non-hydrogen) atoms. The summed E-state index contributed by atoms with van der Waals surface area (Å²) in [5.74, 6) is 0.308. The lowest BCUT2D eigenvalue weighted by Crippen LogP contribution is -2.52. The molecule has 11 heteroatoms. The van der Waals surface area contributed by atoms with Gasteiger partial charge in [0.1, 0.15) is 5.69 Å². The molecular formula is C33H45N9O2. The molecule has 11 nitrogen and oxygen atoms in total. The lowest BCUT2D eigenvalue weighted by atomic mass is 10.00. The molecule has 4 N–H and O–H groups in total. The highest BCUT2D eigenvalue weighted by atomic mass is 16.5. The fraction of sp³-hybridized carbons (Fsp3) is 0.515. The van der Waals surface area contributed by atoms with Crippen LogP contribution in [0.15, 0.2) is 42.7 Å². The molecule has 0 aliphatic carbocycles. The number of hydrogen-bond donors (Lipinski definition) is 3. The molecule has 0 radical (unpaired) electrons. The summed E-state index contributed by atoms with van der Waals surface area (Å²) in [7, 11) is 2.22. The van der Waals surface area contributed by atoms with Crippen molar-refractivity contribution >= 4 is 28.9 Å². The summed E-state index contributed by atoms with van der Waals surface area (Å²) >= 11 is 0. The fourth-order valence-corrected chi connectivity index (χ4v) is 6.59. The predicted molar refractivity (Wildman–Crippen MR) is 175 cm³/mol. The lowest BCUT2D eigenvalue weighted by molar-refractivity contribution is 0.0904. The van der Waals surface area contributed by atoms with E-state index in [0.717, 1.165) is 56.7 Å². The van der Waals surface area contributed by atoms with Gasteiger partial charge in [0, 0.05) is 93.9 Å². The Kier molecular flexibility index (Phi) is 9.54. The van der Waals surface area contributed by atoms with Crippen molar-refractivity contribution in [1.29, 1.82) is 0 Å². The van der Waals surface area contributed by atoms with Crippen LogP contribution in [0.25, 0.3) is 11.3 Å². The van der Waals surface area contributed by atoms with Gasteiger partial charge in [0.2, 0.25) is 0 Å². The minimum atomic E-state index is -0.636. The molecule has 2 aromatic heterocycles. The SMILES string of the molecule is CCc1cc(Nc2nc(NC3CCOCC3)c(-c3ccncc3)nc2C(N)=O)ccc1N1CCC(N2CCN(C)CC2)CC1. The van der Waals surface area contributed by atoms with Crippen LogP contribution >= 0.6 is 0 Å². The van der Waals surface area contributed by atoms with E-state index in [1.807, 2.05) is 12.1 Å². The topological polar surface area (TPSA) is 125 Å². The monoisotopic (exact) mass is 599 g/mol. The van der Waals surface area contributed by atoms with Gasteiger partial charge < -0.3 is 30.9 Å². The highest BCUT2D eigenvalue weighted by Crippen LogP contribution is 2.33. The van der Waals surface area contributed by atoms with Gasteiger partial charge in [0.05, 0.1) is 0 Å². The average Bonchev–Trinajstić information content (AvgIpc) is 3.06. The minimum absolute atomic E-state index is 0.0995. The number of benzene rings is 1. The molecule has 3 aromatic rings. The van der Waals surface area contributed by atoms with Crippen LogP contribution in [0, 0.1) is 0 Å². The maximum Gasteiger partial charge on any atom is 0.271 e. The number of likely N-dealkylation sites (N-methyl/N-ethyl adjacent to an activating group) is 1. The van der Waals surface area contributed by atoms with E-state index in [9.17, 15) is 4.79 Å². The Bertz CT molecular complexity index is 1410. The molecule has 0 atom stereocenters. The van der Waals surface area contributed by atoms with Crippen molar-refractivity contribution in [3.8, 4) is 11.3 Å². The molecule has 1 amide bonds. The third-order valence-electron chi connectivity index (χ3n) is 9.23. The first-order valence-corrected chi connectivity index (χ1v) is 16.0. The first-order chi connectivity index (χ1) is 21.5. The molecule has 0 bridgehead atoms. The first kappa shape index (κ1) is 30.2. The molecular weight excluding hydrogens is 554 g/mol. The molecule has 3 aliphatic rings. The first-order valence-electron chi connectivity index (χ1n) is 16.0. The number of aromatic nitrogens is 3. The van der Waals surface area contributed by atoms with Crippen molar-refractivity contribution in [2.45, 2.75) is 51.1 Å². The zero-order chi connectivity index (χ0) is 30.5. The Balaban J connectivity index is 1.23. The van der Waals surface area contributed by atoms with Gasteiger partial charge >= 0.3 is 0 Å². The Hall–Kier alpha value is -3.80. The zero-order valence-corrected chi connectivity index (χ0v) is 26.0. The number of rotatable bonds is 9. The van der Waals surface area contributed by atoms with Crippen LogP contribution in [0.5, 0.6) is 0 Å². The van der Waals surface area contributed by atoms with Crippen molar-refractivity contribution in [2.24, 2.45) is 5.73 Å². The summed E-state index contributed by atoms with van der Waals surface area (Å²) in [6, 6.07) is 11.0. The largest absolute Gasteiger partial charge is 0.381 e. The third kappa shape index (κ3) is 6.95. The van der Waals surface area contributed by atoms with Crippen molar-refractivity contribution in [1.82, 2.24) is 24.8 Å². The van der Waals surface area contributed by atoms with Crippen LogP contribution in [-0.4, -0.2) is 102 Å². The van der Waals surface area contributed by atoms with Gasteiger partial charge in [-0.25, -0.2) is 9.97 Å². The van der Waals surface area contributed by atoms with Crippen molar-refractivity contribution in [3.05, 3.63) is 54.0 Å². The molecule has 6 rings (SSSR count). The van der Waals surface area contributed by atoms with E-state index < -0.39 is 5.91 Å². The van der Waals surface area contributed by atoms with Gasteiger partial charge in [-0.15, -0.1) is 0 Å². The van der Waals surface area contributed by atoms with E-state index in [1.54, 1.807) is 12.4 Å². The second-order valence-electron chi connectivity index (χ2n) is 12.1. The molecule has 5 heterocycles. The van der Waals surface area contributed by atoms with E-state index >= 15 is 0 Å². The average molecular weight is 600 g/mol. The van der Waals surface area contributed by atoms with Gasteiger partial charge in [-0.3, -0.25) is 14.7 Å². The molecule has 3 aliphatic heterocycles. The number of carbonyl (C=O) groups is 1. The maximum atomic E-state index is 12.7. The number of pyridine rings is 1. The number of anilines is 4. The van der Waals surface area contributed by atoms with Gasteiger partial charge in [0.15, 0.2) is 17.3 Å². The van der Waals surface area contributed by atoms with Crippen LogP contribution < -0.4 is 21.3 Å². The number of nitrogens with two attached hydrogens (primary N) is 1. The Morgan fingerprint density at radius 1 is 0.955 bits per heavy atom. The van der Waals surface area contributed by atoms with Crippen LogP contribution in [0.1, 0.15) is 48.7 Å². The normalized spacial score (nSPS) is 19.2. The van der Waals surface area contributed by atoms with E-state index in [0.29, 0.717) is 36.6 Å². The third-order valence-corrected chi connectivity index (χ3v) is 9.23. The predicted octanol–water partition coefficient (Wildman–Crippen LogP) is 3.75. The fourth-order valence-electron chi connectivity index (χ4n) is 6.59. The summed E-state index contributed by atoms with van der Waals surface area (Å²) in [5, 5.41) is 6.95. The molecule has 1 aromatic carbocycles. The number of nitrogens with zero attached hydrogens (tertiary/aromatic N) is 6. The molecule has 0 unspecified atom stereocenters. The summed E-state index contributed by atoms with van der Waals surface area (Å²) in [5.41, 5.74) is 10.7. The summed E-state index contributed by atoms with van der Waals surface area (Å²) < 4.78 is 5.55. The van der Waals surface area contributed by atoms with E-state index in [4.69, 9.17) is 20.4 Å².